The Morgan fingerprint density at radius 3 is 2.59 bits per heavy atom. The SMILES string of the molecule is NCCc1cc(Br)ccc1OCCC(F)(F)F. The molecule has 0 atom stereocenters. The van der Waals surface area contributed by atoms with Crippen LogP contribution >= 0.6 is 15.9 Å². The Morgan fingerprint density at radius 1 is 1.29 bits per heavy atom. The Labute approximate surface area is 106 Å². The largest absolute Gasteiger partial charge is 0.493 e. The number of halogens is 4. The summed E-state index contributed by atoms with van der Waals surface area (Å²) in [6.07, 6.45) is -4.57. The number of hydrogen-bond donors (Lipinski definition) is 1. The van der Waals surface area contributed by atoms with E-state index in [1.807, 2.05) is 0 Å². The van der Waals surface area contributed by atoms with E-state index in [2.05, 4.69) is 15.9 Å². The molecule has 2 N–H and O–H groups in total. The van der Waals surface area contributed by atoms with Crippen LogP contribution in [-0.4, -0.2) is 19.3 Å². The second kappa shape index (κ2) is 6.26. The Kier molecular flexibility index (Phi) is 5.27. The highest BCUT2D eigenvalue weighted by atomic mass is 79.9. The lowest BCUT2D eigenvalue weighted by atomic mass is 10.1. The molecule has 17 heavy (non-hydrogen) atoms. The van der Waals surface area contributed by atoms with Crippen LogP contribution in [0.25, 0.3) is 0 Å². The fourth-order valence-electron chi connectivity index (χ4n) is 1.32. The van der Waals surface area contributed by atoms with Gasteiger partial charge in [0.1, 0.15) is 5.75 Å². The molecule has 0 heterocycles. The normalized spacial score (nSPS) is 11.6. The summed E-state index contributed by atoms with van der Waals surface area (Å²) in [7, 11) is 0. The Balaban J connectivity index is 2.63. The number of hydrogen-bond acceptors (Lipinski definition) is 2. The Bertz CT molecular complexity index is 368. The van der Waals surface area contributed by atoms with Crippen LogP contribution in [0.3, 0.4) is 0 Å². The predicted octanol–water partition coefficient (Wildman–Crippen LogP) is 3.28. The molecule has 0 saturated carbocycles. The molecule has 96 valence electrons. The van der Waals surface area contributed by atoms with Gasteiger partial charge in [0.25, 0.3) is 0 Å². The molecule has 0 aliphatic rings. The number of ether oxygens (including phenoxy) is 1. The fraction of sp³-hybridized carbons (Fsp3) is 0.455. The number of alkyl halides is 3. The highest BCUT2D eigenvalue weighted by Gasteiger charge is 2.26. The molecule has 1 aromatic carbocycles. The van der Waals surface area contributed by atoms with E-state index in [9.17, 15) is 13.2 Å². The number of rotatable bonds is 5. The van der Waals surface area contributed by atoms with Crippen LogP contribution in [-0.2, 0) is 6.42 Å². The maximum absolute atomic E-state index is 12.0. The van der Waals surface area contributed by atoms with Crippen molar-refractivity contribution in [1.82, 2.24) is 0 Å². The highest BCUT2D eigenvalue weighted by Crippen LogP contribution is 2.25. The summed E-state index contributed by atoms with van der Waals surface area (Å²) < 4.78 is 41.9. The van der Waals surface area contributed by atoms with Crippen LogP contribution in [0.2, 0.25) is 0 Å². The molecule has 0 fully saturated rings. The lowest BCUT2D eigenvalue weighted by Gasteiger charge is -2.12. The monoisotopic (exact) mass is 311 g/mol. The molecule has 6 heteroatoms. The minimum Gasteiger partial charge on any atom is -0.493 e. The van der Waals surface area contributed by atoms with Gasteiger partial charge in [-0.2, -0.15) is 13.2 Å². The summed E-state index contributed by atoms with van der Waals surface area (Å²) in [6, 6.07) is 5.17. The molecule has 0 aromatic heterocycles. The van der Waals surface area contributed by atoms with E-state index in [1.54, 1.807) is 18.2 Å². The third-order valence-electron chi connectivity index (χ3n) is 2.08. The molecule has 1 aromatic rings. The molecule has 0 aliphatic heterocycles. The van der Waals surface area contributed by atoms with Gasteiger partial charge in [-0.15, -0.1) is 0 Å². The molecular weight excluding hydrogens is 299 g/mol. The Hall–Kier alpha value is -0.750. The molecule has 0 unspecified atom stereocenters. The van der Waals surface area contributed by atoms with Crippen LogP contribution in [0.4, 0.5) is 13.2 Å². The van der Waals surface area contributed by atoms with Crippen molar-refractivity contribution in [1.29, 1.82) is 0 Å². The van der Waals surface area contributed by atoms with Gasteiger partial charge in [0.2, 0.25) is 0 Å². The molecule has 2 nitrogen and oxygen atoms in total. The van der Waals surface area contributed by atoms with E-state index in [4.69, 9.17) is 10.5 Å². The first kappa shape index (κ1) is 14.3. The number of nitrogens with two attached hydrogens (primary N) is 1. The lowest BCUT2D eigenvalue weighted by Crippen LogP contribution is -2.14. The summed E-state index contributed by atoms with van der Waals surface area (Å²) in [6.45, 7) is 0.0504. The summed E-state index contributed by atoms with van der Waals surface area (Å²) >= 11 is 3.29. The van der Waals surface area contributed by atoms with Crippen LogP contribution in [0.5, 0.6) is 5.75 Å². The maximum Gasteiger partial charge on any atom is 0.392 e. The standard InChI is InChI=1S/C11H13BrF3NO/c12-9-1-2-10(8(7-9)3-5-16)17-6-4-11(13,14)15/h1-2,7H,3-6,16H2. The van der Waals surface area contributed by atoms with Gasteiger partial charge < -0.3 is 10.5 Å². The first-order chi connectivity index (χ1) is 7.92. The third-order valence-corrected chi connectivity index (χ3v) is 2.57. The first-order valence-corrected chi connectivity index (χ1v) is 5.90. The molecule has 0 bridgehead atoms. The molecule has 0 aliphatic carbocycles. The zero-order valence-electron chi connectivity index (χ0n) is 9.06. The van der Waals surface area contributed by atoms with Crippen LogP contribution in [0, 0.1) is 0 Å². The van der Waals surface area contributed by atoms with Crippen molar-refractivity contribution in [2.24, 2.45) is 5.73 Å². The molecule has 1 rings (SSSR count). The van der Waals surface area contributed by atoms with Gasteiger partial charge in [-0.1, -0.05) is 15.9 Å². The molecule has 0 saturated heterocycles. The van der Waals surface area contributed by atoms with Gasteiger partial charge in [-0.3, -0.25) is 0 Å². The number of benzene rings is 1. The van der Waals surface area contributed by atoms with E-state index in [1.165, 1.54) is 0 Å². The summed E-state index contributed by atoms with van der Waals surface area (Å²) in [5.41, 5.74) is 6.24. The van der Waals surface area contributed by atoms with Gasteiger partial charge in [0.15, 0.2) is 0 Å². The topological polar surface area (TPSA) is 35.2 Å². The molecule has 0 amide bonds. The van der Waals surface area contributed by atoms with E-state index in [-0.39, 0.29) is 6.61 Å². The van der Waals surface area contributed by atoms with Crippen molar-refractivity contribution in [2.75, 3.05) is 13.2 Å². The van der Waals surface area contributed by atoms with Crippen molar-refractivity contribution in [3.63, 3.8) is 0 Å². The van der Waals surface area contributed by atoms with E-state index in [0.29, 0.717) is 18.7 Å². The fourth-order valence-corrected chi connectivity index (χ4v) is 1.72. The minimum atomic E-state index is -4.19. The van der Waals surface area contributed by atoms with Gasteiger partial charge in [-0.05, 0) is 36.7 Å². The van der Waals surface area contributed by atoms with Crippen molar-refractivity contribution in [3.05, 3.63) is 28.2 Å². The van der Waals surface area contributed by atoms with Gasteiger partial charge in [0.05, 0.1) is 13.0 Å². The van der Waals surface area contributed by atoms with Gasteiger partial charge >= 0.3 is 6.18 Å². The highest BCUT2D eigenvalue weighted by molar-refractivity contribution is 9.10. The first-order valence-electron chi connectivity index (χ1n) is 5.10. The van der Waals surface area contributed by atoms with E-state index in [0.717, 1.165) is 10.0 Å². The molecule has 0 spiro atoms. The summed E-state index contributed by atoms with van der Waals surface area (Å²) in [4.78, 5) is 0. The molecule has 0 radical (unpaired) electrons. The smallest absolute Gasteiger partial charge is 0.392 e. The van der Waals surface area contributed by atoms with Crippen molar-refractivity contribution >= 4 is 15.9 Å². The minimum absolute atomic E-state index is 0.372. The van der Waals surface area contributed by atoms with Crippen molar-refractivity contribution in [2.45, 2.75) is 19.0 Å². The average Bonchev–Trinajstić information content (AvgIpc) is 2.20. The Morgan fingerprint density at radius 2 is 2.00 bits per heavy atom. The van der Waals surface area contributed by atoms with Crippen molar-refractivity contribution in [3.8, 4) is 5.75 Å². The zero-order chi connectivity index (χ0) is 12.9. The quantitative estimate of drug-likeness (QED) is 0.905. The predicted molar refractivity (Wildman–Crippen MR) is 63.1 cm³/mol. The molecular formula is C11H13BrF3NO. The lowest BCUT2D eigenvalue weighted by molar-refractivity contribution is -0.139. The van der Waals surface area contributed by atoms with E-state index >= 15 is 0 Å². The average molecular weight is 312 g/mol. The van der Waals surface area contributed by atoms with E-state index < -0.39 is 12.6 Å². The maximum atomic E-state index is 12.0. The second-order valence-corrected chi connectivity index (χ2v) is 4.42. The second-order valence-electron chi connectivity index (χ2n) is 3.50. The van der Waals surface area contributed by atoms with Gasteiger partial charge in [0, 0.05) is 4.47 Å². The van der Waals surface area contributed by atoms with Crippen LogP contribution in [0.1, 0.15) is 12.0 Å². The summed E-state index contributed by atoms with van der Waals surface area (Å²) in [5.74, 6) is 0.461. The van der Waals surface area contributed by atoms with Crippen LogP contribution < -0.4 is 10.5 Å². The summed E-state index contributed by atoms with van der Waals surface area (Å²) in [5, 5.41) is 0. The zero-order valence-corrected chi connectivity index (χ0v) is 10.6. The van der Waals surface area contributed by atoms with Crippen LogP contribution in [0.15, 0.2) is 22.7 Å². The van der Waals surface area contributed by atoms with Gasteiger partial charge in [-0.25, -0.2) is 0 Å². The third kappa shape index (κ3) is 5.41. The van der Waals surface area contributed by atoms with Crippen molar-refractivity contribution < 1.29 is 17.9 Å².